The van der Waals surface area contributed by atoms with Crippen molar-refractivity contribution in [2.45, 2.75) is 11.4 Å². The molecule has 0 bridgehead atoms. The van der Waals surface area contributed by atoms with Crippen molar-refractivity contribution in [2.75, 3.05) is 14.2 Å². The van der Waals surface area contributed by atoms with E-state index >= 15 is 0 Å². The number of benzene rings is 1. The summed E-state index contributed by atoms with van der Waals surface area (Å²) >= 11 is 7.49. The summed E-state index contributed by atoms with van der Waals surface area (Å²) < 4.78 is 36.6. The average molecular weight is 400 g/mol. The lowest BCUT2D eigenvalue weighted by molar-refractivity contribution is 0.337. The molecule has 0 aliphatic carbocycles. The fourth-order valence-electron chi connectivity index (χ4n) is 2.09. The number of aromatic nitrogens is 2. The van der Waals surface area contributed by atoms with E-state index in [1.54, 1.807) is 0 Å². The van der Waals surface area contributed by atoms with E-state index in [4.69, 9.17) is 20.9 Å². The molecular weight excluding hydrogens is 386 g/mol. The molecule has 2 heterocycles. The minimum Gasteiger partial charge on any atom is -0.495 e. The van der Waals surface area contributed by atoms with Crippen molar-refractivity contribution < 1.29 is 17.7 Å². The first kappa shape index (κ1) is 17.9. The van der Waals surface area contributed by atoms with Gasteiger partial charge in [0.05, 0.1) is 28.4 Å². The zero-order chi connectivity index (χ0) is 18.0. The topological polar surface area (TPSA) is 85.5 Å². The normalized spacial score (nSPS) is 11.8. The van der Waals surface area contributed by atoms with Gasteiger partial charge in [0.1, 0.15) is 5.75 Å². The second-order valence-electron chi connectivity index (χ2n) is 5.05. The van der Waals surface area contributed by atoms with E-state index in [9.17, 15) is 8.42 Å². The minimum absolute atomic E-state index is 0.0512. The van der Waals surface area contributed by atoms with Crippen LogP contribution in [-0.4, -0.2) is 37.0 Å². The fraction of sp³-hybridized carbons (Fsp3) is 0.200. The van der Waals surface area contributed by atoms with E-state index in [0.29, 0.717) is 11.6 Å². The molecule has 0 saturated carbocycles. The summed E-state index contributed by atoms with van der Waals surface area (Å²) in [7, 11) is -0.867. The first-order chi connectivity index (χ1) is 11.9. The summed E-state index contributed by atoms with van der Waals surface area (Å²) in [5.41, 5.74) is 0. The van der Waals surface area contributed by atoms with Gasteiger partial charge in [-0.2, -0.15) is 9.29 Å². The summed E-state index contributed by atoms with van der Waals surface area (Å²) in [6.45, 7) is -0.0512. The predicted octanol–water partition coefficient (Wildman–Crippen LogP) is 3.28. The molecule has 2 aromatic heterocycles. The Morgan fingerprint density at radius 3 is 2.80 bits per heavy atom. The maximum absolute atomic E-state index is 12.7. The van der Waals surface area contributed by atoms with Crippen LogP contribution in [0.1, 0.15) is 5.89 Å². The molecule has 10 heteroatoms. The number of methoxy groups -OCH3 is 1. The molecule has 132 valence electrons. The van der Waals surface area contributed by atoms with Crippen molar-refractivity contribution in [3.05, 3.63) is 46.6 Å². The third kappa shape index (κ3) is 3.69. The average Bonchev–Trinajstić information content (AvgIpc) is 3.25. The maximum atomic E-state index is 12.7. The Kier molecular flexibility index (Phi) is 5.09. The number of halogens is 1. The van der Waals surface area contributed by atoms with Crippen molar-refractivity contribution in [3.8, 4) is 16.5 Å². The lowest BCUT2D eigenvalue weighted by Gasteiger charge is -2.15. The standard InChI is InChI=1S/C15H14ClN3O4S2/c1-19(9-14-17-15(18-23-14)13-4-3-7-24-13)25(20,21)10-5-6-12(22-2)11(16)8-10/h3-8H,9H2,1-2H3. The number of hydrogen-bond acceptors (Lipinski definition) is 7. The molecule has 25 heavy (non-hydrogen) atoms. The molecule has 0 spiro atoms. The highest BCUT2D eigenvalue weighted by molar-refractivity contribution is 7.89. The van der Waals surface area contributed by atoms with Gasteiger partial charge in [0.15, 0.2) is 0 Å². The minimum atomic E-state index is -3.76. The van der Waals surface area contributed by atoms with Crippen molar-refractivity contribution in [3.63, 3.8) is 0 Å². The van der Waals surface area contributed by atoms with Gasteiger partial charge in [-0.05, 0) is 29.6 Å². The van der Waals surface area contributed by atoms with E-state index in [-0.39, 0.29) is 22.4 Å². The highest BCUT2D eigenvalue weighted by Gasteiger charge is 2.24. The summed E-state index contributed by atoms with van der Waals surface area (Å²) in [5, 5.41) is 5.98. The Balaban J connectivity index is 1.80. The van der Waals surface area contributed by atoms with Gasteiger partial charge in [0.2, 0.25) is 21.7 Å². The SMILES string of the molecule is COc1ccc(S(=O)(=O)N(C)Cc2nc(-c3cccs3)no2)cc1Cl. The van der Waals surface area contributed by atoms with Crippen LogP contribution in [0.5, 0.6) is 5.75 Å². The first-order valence-corrected chi connectivity index (χ1v) is 9.78. The van der Waals surface area contributed by atoms with Gasteiger partial charge in [0.25, 0.3) is 0 Å². The van der Waals surface area contributed by atoms with Gasteiger partial charge >= 0.3 is 0 Å². The van der Waals surface area contributed by atoms with E-state index in [2.05, 4.69) is 10.1 Å². The van der Waals surface area contributed by atoms with E-state index in [0.717, 1.165) is 9.18 Å². The summed E-state index contributed by atoms with van der Waals surface area (Å²) in [6, 6.07) is 8.02. The summed E-state index contributed by atoms with van der Waals surface area (Å²) in [6.07, 6.45) is 0. The Labute approximate surface area is 153 Å². The molecule has 0 aliphatic rings. The van der Waals surface area contributed by atoms with Crippen LogP contribution in [0.3, 0.4) is 0 Å². The molecule has 0 unspecified atom stereocenters. The molecule has 1 aromatic carbocycles. The number of ether oxygens (including phenoxy) is 1. The second kappa shape index (κ2) is 7.12. The molecule has 0 aliphatic heterocycles. The van der Waals surface area contributed by atoms with Crippen LogP contribution in [0.25, 0.3) is 10.7 Å². The third-order valence-electron chi connectivity index (χ3n) is 3.40. The lowest BCUT2D eigenvalue weighted by atomic mass is 10.3. The molecule has 0 N–H and O–H groups in total. The quantitative estimate of drug-likeness (QED) is 0.632. The highest BCUT2D eigenvalue weighted by Crippen LogP contribution is 2.28. The van der Waals surface area contributed by atoms with Gasteiger partial charge < -0.3 is 9.26 Å². The van der Waals surface area contributed by atoms with Gasteiger partial charge in [-0.1, -0.05) is 22.8 Å². The van der Waals surface area contributed by atoms with Crippen molar-refractivity contribution in [2.24, 2.45) is 0 Å². The number of rotatable bonds is 6. The van der Waals surface area contributed by atoms with Crippen molar-refractivity contribution >= 4 is 33.0 Å². The number of hydrogen-bond donors (Lipinski definition) is 0. The summed E-state index contributed by atoms with van der Waals surface area (Å²) in [4.78, 5) is 5.13. The zero-order valence-corrected chi connectivity index (χ0v) is 15.7. The number of nitrogens with zero attached hydrogens (tertiary/aromatic N) is 3. The smallest absolute Gasteiger partial charge is 0.243 e. The van der Waals surface area contributed by atoms with Crippen LogP contribution in [-0.2, 0) is 16.6 Å². The van der Waals surface area contributed by atoms with Crippen LogP contribution in [0.15, 0.2) is 45.1 Å². The monoisotopic (exact) mass is 399 g/mol. The Bertz CT molecular complexity index is 971. The van der Waals surface area contributed by atoms with Gasteiger partial charge in [0, 0.05) is 7.05 Å². The third-order valence-corrected chi connectivity index (χ3v) is 6.36. The lowest BCUT2D eigenvalue weighted by Crippen LogP contribution is -2.26. The van der Waals surface area contributed by atoms with Crippen molar-refractivity contribution in [1.29, 1.82) is 0 Å². The van der Waals surface area contributed by atoms with Crippen LogP contribution in [0.4, 0.5) is 0 Å². The van der Waals surface area contributed by atoms with Crippen LogP contribution in [0, 0.1) is 0 Å². The number of sulfonamides is 1. The fourth-order valence-corrected chi connectivity index (χ4v) is 4.21. The van der Waals surface area contributed by atoms with Gasteiger partial charge in [-0.3, -0.25) is 0 Å². The number of thiophene rings is 1. The molecular formula is C15H14ClN3O4S2. The molecule has 3 rings (SSSR count). The molecule has 3 aromatic rings. The van der Waals surface area contributed by atoms with Gasteiger partial charge in [-0.15, -0.1) is 11.3 Å². The largest absolute Gasteiger partial charge is 0.495 e. The summed E-state index contributed by atoms with van der Waals surface area (Å²) in [5.74, 6) is 1.04. The van der Waals surface area contributed by atoms with E-state index in [1.807, 2.05) is 17.5 Å². The molecule has 0 radical (unpaired) electrons. The Morgan fingerprint density at radius 2 is 2.16 bits per heavy atom. The van der Waals surface area contributed by atoms with E-state index < -0.39 is 10.0 Å². The van der Waals surface area contributed by atoms with Crippen LogP contribution in [0.2, 0.25) is 5.02 Å². The molecule has 0 fully saturated rings. The maximum Gasteiger partial charge on any atom is 0.243 e. The first-order valence-electron chi connectivity index (χ1n) is 7.08. The van der Waals surface area contributed by atoms with Crippen LogP contribution < -0.4 is 4.74 Å². The molecule has 0 amide bonds. The molecule has 0 saturated heterocycles. The second-order valence-corrected chi connectivity index (χ2v) is 8.45. The zero-order valence-electron chi connectivity index (χ0n) is 13.3. The van der Waals surface area contributed by atoms with Gasteiger partial charge in [-0.25, -0.2) is 8.42 Å². The highest BCUT2D eigenvalue weighted by atomic mass is 35.5. The Morgan fingerprint density at radius 1 is 1.36 bits per heavy atom. The molecule has 0 atom stereocenters. The Hall–Kier alpha value is -1.94. The van der Waals surface area contributed by atoms with Crippen LogP contribution >= 0.6 is 22.9 Å². The predicted molar refractivity (Wildman–Crippen MR) is 94.3 cm³/mol. The molecule has 7 nitrogen and oxygen atoms in total. The van der Waals surface area contributed by atoms with E-state index in [1.165, 1.54) is 43.7 Å². The van der Waals surface area contributed by atoms with Crippen molar-refractivity contribution in [1.82, 2.24) is 14.4 Å².